The zero-order valence-corrected chi connectivity index (χ0v) is 38.4. The number of amides is 5. The van der Waals surface area contributed by atoms with E-state index in [0.29, 0.717) is 17.8 Å². The molecule has 0 unspecified atom stereocenters. The van der Waals surface area contributed by atoms with Gasteiger partial charge in [-0.05, 0) is 87.0 Å². The SMILES string of the molecule is CN[C@@H](C)C(=O)N[C@@H](CC#CC#CC[C@H](NC(=O)[C@H](C)NC)C(=O)N1c2ccccc2C[C@H]1C(=O)N[C@H](C)c1ccccc1)C(=O)N1c2ccccc2C[C@H]1C(=O)C[C@H](C)c1ccccc1. The highest BCUT2D eigenvalue weighted by Crippen LogP contribution is 2.36. The van der Waals surface area contributed by atoms with Crippen LogP contribution in [0.5, 0.6) is 0 Å². The van der Waals surface area contributed by atoms with Crippen molar-refractivity contribution in [3.05, 3.63) is 131 Å². The smallest absolute Gasteiger partial charge is 0.251 e. The highest BCUT2D eigenvalue weighted by Gasteiger charge is 2.43. The van der Waals surface area contributed by atoms with Crippen LogP contribution in [0.4, 0.5) is 11.4 Å². The first-order valence-electron chi connectivity index (χ1n) is 22.5. The van der Waals surface area contributed by atoms with Crippen molar-refractivity contribution in [3.63, 3.8) is 0 Å². The number of hydrogen-bond donors (Lipinski definition) is 5. The van der Waals surface area contributed by atoms with Crippen LogP contribution in [0.2, 0.25) is 0 Å². The lowest BCUT2D eigenvalue weighted by molar-refractivity contribution is -0.130. The summed E-state index contributed by atoms with van der Waals surface area (Å²) in [7, 11) is 3.27. The molecule has 0 aromatic heterocycles. The van der Waals surface area contributed by atoms with E-state index in [0.717, 1.165) is 22.3 Å². The van der Waals surface area contributed by atoms with Gasteiger partial charge in [0.1, 0.15) is 18.1 Å². The molecule has 0 saturated carbocycles. The van der Waals surface area contributed by atoms with Crippen LogP contribution in [0, 0.1) is 23.7 Å². The highest BCUT2D eigenvalue weighted by molar-refractivity contribution is 6.08. The Hall–Kier alpha value is -7.06. The molecule has 2 aliphatic heterocycles. The normalized spacial score (nSPS) is 17.4. The lowest BCUT2D eigenvalue weighted by Gasteiger charge is -2.30. The fourth-order valence-electron chi connectivity index (χ4n) is 8.24. The van der Waals surface area contributed by atoms with Crippen LogP contribution < -0.4 is 36.4 Å². The van der Waals surface area contributed by atoms with Gasteiger partial charge in [0.25, 0.3) is 11.8 Å². The van der Waals surface area contributed by atoms with Crippen molar-refractivity contribution < 1.29 is 28.8 Å². The molecule has 4 aromatic carbocycles. The Kier molecular flexibility index (Phi) is 16.7. The van der Waals surface area contributed by atoms with Gasteiger partial charge in [0.2, 0.25) is 17.7 Å². The van der Waals surface area contributed by atoms with Crippen molar-refractivity contribution in [2.24, 2.45) is 0 Å². The Morgan fingerprint density at radius 2 is 0.985 bits per heavy atom. The molecule has 6 rings (SSSR count). The predicted molar refractivity (Wildman–Crippen MR) is 256 cm³/mol. The number of nitrogens with zero attached hydrogens (tertiary/aromatic N) is 2. The molecule has 13 nitrogen and oxygen atoms in total. The molecule has 66 heavy (non-hydrogen) atoms. The Morgan fingerprint density at radius 3 is 1.47 bits per heavy atom. The number of Topliss-reactive ketones (excluding diaryl/α,β-unsaturated/α-hetero) is 1. The summed E-state index contributed by atoms with van der Waals surface area (Å²) in [6.07, 6.45) is 0.583. The van der Waals surface area contributed by atoms with Gasteiger partial charge in [-0.2, -0.15) is 0 Å². The standard InChI is InChI=1S/C53H59N7O6/c1-34(38-21-11-9-12-22-38)31-48(61)46-32-40-25-17-19-29-44(40)59(46)52(65)42(57-49(62)36(3)54-5)27-15-7-8-16-28-43(58-50(63)37(4)55-6)53(66)60-45-30-20-18-26-41(45)33-47(60)51(64)56-35(2)39-23-13-10-14-24-39/h9-14,17-26,29-30,34-37,42-43,46-47,54-55H,27-28,31-33H2,1-6H3,(H,56,64)(H,57,62)(H,58,63)/t34-,35+,36-,37-,42-,43-,46-,47-/m0/s1. The van der Waals surface area contributed by atoms with Gasteiger partial charge in [-0.25, -0.2) is 0 Å². The third kappa shape index (κ3) is 11.6. The van der Waals surface area contributed by atoms with Gasteiger partial charge >= 0.3 is 0 Å². The number of benzene rings is 4. The number of anilines is 2. The average Bonchev–Trinajstić information content (AvgIpc) is 3.93. The van der Waals surface area contributed by atoms with Crippen LogP contribution in [-0.2, 0) is 41.6 Å². The van der Waals surface area contributed by atoms with Crippen molar-refractivity contribution in [2.45, 2.75) is 108 Å². The van der Waals surface area contributed by atoms with Crippen molar-refractivity contribution in [1.29, 1.82) is 0 Å². The van der Waals surface area contributed by atoms with Crippen LogP contribution in [0.25, 0.3) is 0 Å². The van der Waals surface area contributed by atoms with Crippen LogP contribution in [-0.4, -0.2) is 85.7 Å². The molecule has 0 aliphatic carbocycles. The molecule has 2 aliphatic rings. The monoisotopic (exact) mass is 889 g/mol. The highest BCUT2D eigenvalue weighted by atomic mass is 16.2. The van der Waals surface area contributed by atoms with Gasteiger partial charge in [-0.1, -0.05) is 116 Å². The third-order valence-corrected chi connectivity index (χ3v) is 12.4. The van der Waals surface area contributed by atoms with Gasteiger partial charge in [0, 0.05) is 43.5 Å². The van der Waals surface area contributed by atoms with Gasteiger partial charge in [0.05, 0.1) is 24.2 Å². The van der Waals surface area contributed by atoms with E-state index in [1.807, 2.05) is 111 Å². The molecule has 0 saturated heterocycles. The second-order valence-corrected chi connectivity index (χ2v) is 16.9. The fraction of sp³-hybridized carbons (Fsp3) is 0.358. The van der Waals surface area contributed by atoms with Gasteiger partial charge < -0.3 is 26.6 Å². The molecule has 13 heteroatoms. The molecular formula is C53H59N7O6. The summed E-state index contributed by atoms with van der Waals surface area (Å²) in [5, 5.41) is 14.5. The van der Waals surface area contributed by atoms with E-state index in [2.05, 4.69) is 50.3 Å². The largest absolute Gasteiger partial charge is 0.348 e. The number of ketones is 1. The molecule has 2 heterocycles. The molecular weight excluding hydrogens is 831 g/mol. The van der Waals surface area contributed by atoms with E-state index in [-0.39, 0.29) is 49.3 Å². The molecule has 0 fully saturated rings. The van der Waals surface area contributed by atoms with Crippen molar-refractivity contribution in [1.82, 2.24) is 26.6 Å². The summed E-state index contributed by atoms with van der Waals surface area (Å²) in [5.74, 6) is 9.06. The first-order chi connectivity index (χ1) is 31.8. The Morgan fingerprint density at radius 1 is 0.561 bits per heavy atom. The maximum Gasteiger partial charge on any atom is 0.251 e. The molecule has 5 amide bonds. The minimum absolute atomic E-state index is 0.0773. The number of rotatable bonds is 17. The molecule has 0 radical (unpaired) electrons. The number of carbonyl (C=O) groups excluding carboxylic acids is 6. The Labute approximate surface area is 387 Å². The topological polar surface area (TPSA) is 169 Å². The second kappa shape index (κ2) is 22.7. The molecule has 342 valence electrons. The van der Waals surface area contributed by atoms with Crippen LogP contribution in [0.3, 0.4) is 0 Å². The summed E-state index contributed by atoms with van der Waals surface area (Å²) >= 11 is 0. The van der Waals surface area contributed by atoms with Crippen LogP contribution >= 0.6 is 0 Å². The molecule has 8 atom stereocenters. The molecule has 5 N–H and O–H groups in total. The zero-order chi connectivity index (χ0) is 47.3. The molecule has 0 spiro atoms. The van der Waals surface area contributed by atoms with E-state index in [1.54, 1.807) is 40.1 Å². The maximum atomic E-state index is 14.6. The zero-order valence-electron chi connectivity index (χ0n) is 38.4. The number of nitrogens with one attached hydrogen (secondary N) is 5. The summed E-state index contributed by atoms with van der Waals surface area (Å²) in [5.41, 5.74) is 4.79. The van der Waals surface area contributed by atoms with Crippen molar-refractivity contribution >= 4 is 46.7 Å². The lowest BCUT2D eigenvalue weighted by atomic mass is 9.92. The summed E-state index contributed by atoms with van der Waals surface area (Å²) in [6.45, 7) is 7.21. The number of hydrogen-bond acceptors (Lipinski definition) is 8. The minimum atomic E-state index is -1.15. The summed E-state index contributed by atoms with van der Waals surface area (Å²) < 4.78 is 0. The van der Waals surface area contributed by atoms with Crippen molar-refractivity contribution in [3.8, 4) is 23.7 Å². The van der Waals surface area contributed by atoms with E-state index < -0.39 is 59.9 Å². The Bertz CT molecular complexity index is 2350. The summed E-state index contributed by atoms with van der Waals surface area (Å²) in [4.78, 5) is 86.7. The number of carbonyl (C=O) groups is 6. The predicted octanol–water partition coefficient (Wildman–Crippen LogP) is 4.51. The number of para-hydroxylation sites is 2. The fourth-order valence-corrected chi connectivity index (χ4v) is 8.24. The van der Waals surface area contributed by atoms with E-state index in [9.17, 15) is 28.8 Å². The van der Waals surface area contributed by atoms with Gasteiger partial charge in [-0.15, -0.1) is 0 Å². The lowest BCUT2D eigenvalue weighted by Crippen LogP contribution is -2.56. The molecule has 0 bridgehead atoms. The number of likely N-dealkylation sites (N-methyl/N-ethyl adjacent to an activating group) is 2. The third-order valence-electron chi connectivity index (χ3n) is 12.4. The van der Waals surface area contributed by atoms with Crippen LogP contribution in [0.1, 0.15) is 81.2 Å². The van der Waals surface area contributed by atoms with E-state index >= 15 is 0 Å². The Balaban J connectivity index is 1.23. The van der Waals surface area contributed by atoms with E-state index in [4.69, 9.17) is 0 Å². The van der Waals surface area contributed by atoms with Crippen LogP contribution in [0.15, 0.2) is 109 Å². The summed E-state index contributed by atoms with van der Waals surface area (Å²) in [6, 6.07) is 28.5. The minimum Gasteiger partial charge on any atom is -0.348 e. The van der Waals surface area contributed by atoms with Gasteiger partial charge in [0.15, 0.2) is 5.78 Å². The maximum absolute atomic E-state index is 14.6. The molecule has 4 aromatic rings. The number of fused-ring (bicyclic) bond motifs is 2. The van der Waals surface area contributed by atoms with Gasteiger partial charge in [-0.3, -0.25) is 38.6 Å². The second-order valence-electron chi connectivity index (χ2n) is 16.9. The first-order valence-corrected chi connectivity index (χ1v) is 22.5. The van der Waals surface area contributed by atoms with E-state index in [1.165, 1.54) is 9.80 Å². The quantitative estimate of drug-likeness (QED) is 0.0966. The first kappa shape index (κ1) is 48.4. The average molecular weight is 890 g/mol. The van der Waals surface area contributed by atoms with Crippen molar-refractivity contribution in [2.75, 3.05) is 23.9 Å².